The van der Waals surface area contributed by atoms with Crippen LogP contribution in [0.4, 0.5) is 0 Å². The van der Waals surface area contributed by atoms with Gasteiger partial charge in [0, 0.05) is 25.7 Å². The maximum Gasteiger partial charge on any atom is 0.244 e. The number of rotatable bonds is 12. The fourth-order valence-corrected chi connectivity index (χ4v) is 7.62. The summed E-state index contributed by atoms with van der Waals surface area (Å²) in [5.41, 5.74) is 12.0. The summed E-state index contributed by atoms with van der Waals surface area (Å²) in [7, 11) is 0. The Balaban J connectivity index is 0.00000464. The van der Waals surface area contributed by atoms with Crippen LogP contribution in [-0.4, -0.2) is 31.0 Å². The van der Waals surface area contributed by atoms with Crippen LogP contribution in [0.5, 0.6) is 23.0 Å². The first-order chi connectivity index (χ1) is 25.1. The van der Waals surface area contributed by atoms with Crippen LogP contribution in [0.25, 0.3) is 0 Å². The molecule has 0 N–H and O–H groups in total. The van der Waals surface area contributed by atoms with E-state index in [-0.39, 0.29) is 12.4 Å². The van der Waals surface area contributed by atoms with Gasteiger partial charge in [-0.25, -0.2) is 9.13 Å². The molecule has 3 heterocycles. The smallest absolute Gasteiger partial charge is 0.244 e. The van der Waals surface area contributed by atoms with Gasteiger partial charge in [0.2, 0.25) is 6.33 Å². The SMILES string of the molecule is CCCOc1c2cccc1Cc1cc3cc(c1OCCC)Cc1cccc(c1OCCC)Cc1cc(cc(c1OCCC)C2)Cn1cc[n+](c1)C3.[Cl-]. The van der Waals surface area contributed by atoms with Crippen LogP contribution in [0.2, 0.25) is 0 Å². The van der Waals surface area contributed by atoms with Gasteiger partial charge in [0.25, 0.3) is 0 Å². The number of nitrogens with zero attached hydrogens (tertiary/aromatic N) is 2. The van der Waals surface area contributed by atoms with Crippen molar-refractivity contribution in [2.45, 2.75) is 92.2 Å². The topological polar surface area (TPSA) is 45.7 Å². The van der Waals surface area contributed by atoms with E-state index in [0.717, 1.165) is 61.8 Å². The predicted molar refractivity (Wildman–Crippen MR) is 203 cm³/mol. The van der Waals surface area contributed by atoms with Crippen molar-refractivity contribution in [2.24, 2.45) is 0 Å². The Kier molecular flexibility index (Phi) is 12.5. The normalized spacial score (nSPS) is 13.0. The lowest BCUT2D eigenvalue weighted by atomic mass is 9.89. The molecule has 0 atom stereocenters. The summed E-state index contributed by atoms with van der Waals surface area (Å²) >= 11 is 0. The lowest BCUT2D eigenvalue weighted by Gasteiger charge is -2.24. The van der Waals surface area contributed by atoms with Gasteiger partial charge in [0.05, 0.1) is 26.4 Å². The zero-order valence-electron chi connectivity index (χ0n) is 31.3. The number of hydrogen-bond donors (Lipinski definition) is 0. The summed E-state index contributed by atoms with van der Waals surface area (Å²) in [6.07, 6.45) is 13.2. The zero-order chi connectivity index (χ0) is 35.2. The van der Waals surface area contributed by atoms with E-state index >= 15 is 0 Å². The number of aromatic nitrogens is 2. The Labute approximate surface area is 316 Å². The molecule has 0 spiro atoms. The van der Waals surface area contributed by atoms with Crippen LogP contribution in [0.3, 0.4) is 0 Å². The van der Waals surface area contributed by atoms with Crippen LogP contribution >= 0.6 is 0 Å². The molecule has 6 nitrogen and oxygen atoms in total. The molecule has 0 fully saturated rings. The van der Waals surface area contributed by atoms with Crippen molar-refractivity contribution < 1.29 is 35.9 Å². The lowest BCUT2D eigenvalue weighted by molar-refractivity contribution is -0.687. The van der Waals surface area contributed by atoms with Gasteiger partial charge in [-0.15, -0.1) is 0 Å². The first kappa shape index (κ1) is 37.3. The molecule has 2 aliphatic heterocycles. The molecule has 1 aromatic heterocycles. The van der Waals surface area contributed by atoms with Crippen molar-refractivity contribution in [3.8, 4) is 23.0 Å². The minimum atomic E-state index is 0. The Morgan fingerprint density at radius 2 is 0.885 bits per heavy atom. The van der Waals surface area contributed by atoms with E-state index in [1.54, 1.807) is 0 Å². The molecular weight excluding hydrogens is 668 g/mol. The van der Waals surface area contributed by atoms with Gasteiger partial charge in [-0.3, -0.25) is 0 Å². The second-order valence-corrected chi connectivity index (χ2v) is 14.2. The number of benzene rings is 4. The van der Waals surface area contributed by atoms with Gasteiger partial charge in [0.1, 0.15) is 48.5 Å². The Morgan fingerprint density at radius 3 is 1.27 bits per heavy atom. The molecule has 0 unspecified atom stereocenters. The van der Waals surface area contributed by atoms with Gasteiger partial charge >= 0.3 is 0 Å². The highest BCUT2D eigenvalue weighted by atomic mass is 35.5. The van der Waals surface area contributed by atoms with Crippen LogP contribution in [0.15, 0.2) is 79.4 Å². The average Bonchev–Trinajstić information content (AvgIpc) is 3.56. The second-order valence-electron chi connectivity index (χ2n) is 14.2. The predicted octanol–water partition coefficient (Wildman–Crippen LogP) is 6.02. The molecule has 12 bridgehead atoms. The van der Waals surface area contributed by atoms with E-state index < -0.39 is 0 Å². The Bertz CT molecular complexity index is 1750. The van der Waals surface area contributed by atoms with E-state index in [4.69, 9.17) is 18.9 Å². The minimum absolute atomic E-state index is 0. The van der Waals surface area contributed by atoms with Crippen LogP contribution in [0.1, 0.15) is 109 Å². The summed E-state index contributed by atoms with van der Waals surface area (Å²) < 4.78 is 31.5. The Hall–Kier alpha value is -4.42. The van der Waals surface area contributed by atoms with Crippen LogP contribution in [-0.2, 0) is 38.8 Å². The van der Waals surface area contributed by atoms with E-state index in [9.17, 15) is 0 Å². The highest BCUT2D eigenvalue weighted by Crippen LogP contribution is 2.40. The third-order valence-electron chi connectivity index (χ3n) is 9.76. The monoisotopic (exact) mass is 720 g/mol. The summed E-state index contributed by atoms with van der Waals surface area (Å²) in [5.74, 6) is 3.95. The first-order valence-electron chi connectivity index (χ1n) is 19.1. The third kappa shape index (κ3) is 8.28. The molecule has 0 saturated heterocycles. The van der Waals surface area contributed by atoms with Crippen molar-refractivity contribution in [3.63, 3.8) is 0 Å². The first-order valence-corrected chi connectivity index (χ1v) is 19.1. The van der Waals surface area contributed by atoms with E-state index in [2.05, 4.69) is 116 Å². The average molecular weight is 721 g/mol. The van der Waals surface area contributed by atoms with Crippen LogP contribution < -0.4 is 35.9 Å². The van der Waals surface area contributed by atoms with Gasteiger partial charge < -0.3 is 31.4 Å². The summed E-state index contributed by atoms with van der Waals surface area (Å²) in [4.78, 5) is 0. The minimum Gasteiger partial charge on any atom is -1.00 e. The van der Waals surface area contributed by atoms with Crippen molar-refractivity contribution in [2.75, 3.05) is 26.4 Å². The fourth-order valence-electron chi connectivity index (χ4n) is 7.62. The molecule has 4 aromatic carbocycles. The Morgan fingerprint density at radius 1 is 0.519 bits per heavy atom. The van der Waals surface area contributed by atoms with Gasteiger partial charge in [0.15, 0.2) is 0 Å². The molecule has 274 valence electrons. The van der Waals surface area contributed by atoms with Crippen molar-refractivity contribution in [1.82, 2.24) is 4.57 Å². The summed E-state index contributed by atoms with van der Waals surface area (Å²) in [5, 5.41) is 0. The quantitative estimate of drug-likeness (QED) is 0.145. The van der Waals surface area contributed by atoms with Gasteiger partial charge in [-0.2, -0.15) is 0 Å². The highest BCUT2D eigenvalue weighted by molar-refractivity contribution is 5.57. The number of halogens is 1. The molecule has 52 heavy (non-hydrogen) atoms. The number of para-hydroxylation sites is 2. The van der Waals surface area contributed by atoms with Crippen molar-refractivity contribution in [3.05, 3.63) is 135 Å². The molecular formula is C45H53ClN2O4. The van der Waals surface area contributed by atoms with Crippen LogP contribution in [0, 0.1) is 0 Å². The number of imidazole rings is 1. The largest absolute Gasteiger partial charge is 1.00 e. The molecule has 3 aliphatic rings. The van der Waals surface area contributed by atoms with Gasteiger partial charge in [-0.05, 0) is 106 Å². The van der Waals surface area contributed by atoms with E-state index in [0.29, 0.717) is 52.1 Å². The number of hydrogen-bond acceptors (Lipinski definition) is 4. The molecule has 0 radical (unpaired) electrons. The van der Waals surface area contributed by atoms with Gasteiger partial charge in [-0.1, -0.05) is 64.1 Å². The van der Waals surface area contributed by atoms with E-state index in [1.165, 1.54) is 55.6 Å². The summed E-state index contributed by atoms with van der Waals surface area (Å²) in [6.45, 7) is 12.9. The highest BCUT2D eigenvalue weighted by Gasteiger charge is 2.24. The molecule has 0 amide bonds. The lowest BCUT2D eigenvalue weighted by Crippen LogP contribution is -3.00. The second kappa shape index (κ2) is 17.4. The zero-order valence-corrected chi connectivity index (χ0v) is 32.1. The summed E-state index contributed by atoms with van der Waals surface area (Å²) in [6, 6.07) is 22.8. The standard InChI is InChI=1S/C45H53N2O4.ClH/c1-5-17-48-42-34-11-9-12-35(42)26-39-22-33-24-41(45(39)51-20-8-4)28-37-14-10-13-36(43(37)49-18-6-2)27-40-23-32(29-46-15-16-47(30-33)31-46)21-38(25-34)44(40)50-19-7-3;/h9-16,21-24,31H,5-8,17-20,25-30H2,1-4H3;1H/q+1;/p-1. The van der Waals surface area contributed by atoms with Crippen molar-refractivity contribution in [1.29, 1.82) is 0 Å². The van der Waals surface area contributed by atoms with E-state index in [1.807, 2.05) is 0 Å². The maximum absolute atomic E-state index is 6.74. The molecule has 0 saturated carbocycles. The molecule has 1 aliphatic carbocycles. The molecule has 5 aromatic rings. The fraction of sp³-hybridized carbons (Fsp3) is 0.400. The molecule has 7 heteroatoms. The third-order valence-corrected chi connectivity index (χ3v) is 9.76. The van der Waals surface area contributed by atoms with Crippen molar-refractivity contribution >= 4 is 0 Å². The number of ether oxygens (including phenoxy) is 4. The molecule has 8 rings (SSSR count). The maximum atomic E-state index is 6.74.